The van der Waals surface area contributed by atoms with Crippen molar-refractivity contribution in [2.75, 3.05) is 13.2 Å². The average molecular weight is 339 g/mol. The van der Waals surface area contributed by atoms with Gasteiger partial charge in [-0.25, -0.2) is 9.59 Å². The van der Waals surface area contributed by atoms with E-state index < -0.39 is 29.1 Å². The monoisotopic (exact) mass is 339 g/mol. The first-order valence-electron chi connectivity index (χ1n) is 7.35. The Bertz CT molecular complexity index is 517. The Morgan fingerprint density at radius 2 is 1.57 bits per heavy atom. The molecule has 0 radical (unpaired) electrons. The highest BCUT2D eigenvalue weighted by Gasteiger charge is 2.32. The summed E-state index contributed by atoms with van der Waals surface area (Å²) in [6.45, 7) is 3.41. The summed E-state index contributed by atoms with van der Waals surface area (Å²) < 4.78 is 9.58. The standard InChI is InChI=1S/C16H21NO5S/c1-3-21-15(19)13(16(20)22-4-2)17-14(18)12(23)10-11-8-6-5-7-9-11/h5-9,12-13,23H,3-4,10H2,1-2H3,(H,17,18). The van der Waals surface area contributed by atoms with Gasteiger partial charge in [0.15, 0.2) is 0 Å². The van der Waals surface area contributed by atoms with E-state index in [2.05, 4.69) is 17.9 Å². The minimum Gasteiger partial charge on any atom is -0.464 e. The molecule has 7 heteroatoms. The van der Waals surface area contributed by atoms with Gasteiger partial charge >= 0.3 is 11.9 Å². The Morgan fingerprint density at radius 1 is 1.04 bits per heavy atom. The third-order valence-corrected chi connectivity index (χ3v) is 3.32. The number of ether oxygens (including phenoxy) is 2. The number of hydrogen-bond acceptors (Lipinski definition) is 6. The lowest BCUT2D eigenvalue weighted by Gasteiger charge is -2.18. The molecule has 0 aromatic heterocycles. The minimum atomic E-state index is -1.48. The van der Waals surface area contributed by atoms with E-state index in [1.165, 1.54) is 0 Å². The molecule has 1 rings (SSSR count). The molecule has 0 saturated heterocycles. The maximum absolute atomic E-state index is 12.2. The zero-order valence-corrected chi connectivity index (χ0v) is 14.0. The van der Waals surface area contributed by atoms with E-state index in [1.54, 1.807) is 13.8 Å². The number of thiol groups is 1. The van der Waals surface area contributed by atoms with Crippen LogP contribution in [0.5, 0.6) is 0 Å². The second kappa shape index (κ2) is 9.89. The van der Waals surface area contributed by atoms with Gasteiger partial charge in [0, 0.05) is 0 Å². The fraction of sp³-hybridized carbons (Fsp3) is 0.438. The van der Waals surface area contributed by atoms with Crippen LogP contribution in [0.25, 0.3) is 0 Å². The van der Waals surface area contributed by atoms with Gasteiger partial charge in [-0.05, 0) is 25.8 Å². The number of hydrogen-bond donors (Lipinski definition) is 2. The Labute approximate surface area is 140 Å². The highest BCUT2D eigenvalue weighted by molar-refractivity contribution is 7.81. The SMILES string of the molecule is CCOC(=O)C(NC(=O)C(S)Cc1ccccc1)C(=O)OCC. The molecule has 1 aromatic rings. The van der Waals surface area contributed by atoms with E-state index in [0.717, 1.165) is 5.56 Å². The fourth-order valence-electron chi connectivity index (χ4n) is 1.83. The van der Waals surface area contributed by atoms with E-state index in [4.69, 9.17) is 9.47 Å². The molecular weight excluding hydrogens is 318 g/mol. The van der Waals surface area contributed by atoms with Crippen LogP contribution in [0.15, 0.2) is 30.3 Å². The first-order chi connectivity index (χ1) is 11.0. The van der Waals surface area contributed by atoms with Gasteiger partial charge in [0.1, 0.15) is 0 Å². The van der Waals surface area contributed by atoms with Crippen molar-refractivity contribution < 1.29 is 23.9 Å². The van der Waals surface area contributed by atoms with Gasteiger partial charge in [-0.3, -0.25) is 4.79 Å². The normalized spacial score (nSPS) is 11.7. The van der Waals surface area contributed by atoms with Crippen molar-refractivity contribution in [1.29, 1.82) is 0 Å². The molecule has 1 N–H and O–H groups in total. The van der Waals surface area contributed by atoms with Crippen molar-refractivity contribution in [3.63, 3.8) is 0 Å². The van der Waals surface area contributed by atoms with Crippen LogP contribution in [0, 0.1) is 0 Å². The second-order valence-electron chi connectivity index (χ2n) is 4.65. The lowest BCUT2D eigenvalue weighted by molar-refractivity contribution is -0.159. The van der Waals surface area contributed by atoms with Crippen LogP contribution in [0.4, 0.5) is 0 Å². The van der Waals surface area contributed by atoms with Crippen LogP contribution in [0.1, 0.15) is 19.4 Å². The highest BCUT2D eigenvalue weighted by atomic mass is 32.1. The lowest BCUT2D eigenvalue weighted by Crippen LogP contribution is -2.50. The second-order valence-corrected chi connectivity index (χ2v) is 5.27. The highest BCUT2D eigenvalue weighted by Crippen LogP contribution is 2.08. The average Bonchev–Trinajstić information content (AvgIpc) is 2.53. The number of carbonyl (C=O) groups is 3. The molecule has 0 aliphatic heterocycles. The van der Waals surface area contributed by atoms with Crippen molar-refractivity contribution in [3.05, 3.63) is 35.9 Å². The number of amides is 1. The zero-order valence-electron chi connectivity index (χ0n) is 13.2. The number of esters is 2. The first kappa shape index (κ1) is 19.0. The summed E-state index contributed by atoms with van der Waals surface area (Å²) in [7, 11) is 0. The minimum absolute atomic E-state index is 0.0962. The van der Waals surface area contributed by atoms with Crippen LogP contribution in [-0.2, 0) is 30.3 Å². The van der Waals surface area contributed by atoms with Crippen molar-refractivity contribution >= 4 is 30.5 Å². The molecule has 1 unspecified atom stereocenters. The zero-order chi connectivity index (χ0) is 17.2. The topological polar surface area (TPSA) is 81.7 Å². The molecular formula is C16H21NO5S. The summed E-state index contributed by atoms with van der Waals surface area (Å²) in [6.07, 6.45) is 0.369. The van der Waals surface area contributed by atoms with Crippen molar-refractivity contribution in [2.24, 2.45) is 0 Å². The predicted molar refractivity (Wildman–Crippen MR) is 88.1 cm³/mol. The molecule has 1 amide bonds. The predicted octanol–water partition coefficient (Wildman–Crippen LogP) is 1.14. The van der Waals surface area contributed by atoms with Gasteiger partial charge in [-0.2, -0.15) is 12.6 Å². The van der Waals surface area contributed by atoms with E-state index in [-0.39, 0.29) is 13.2 Å². The molecule has 0 spiro atoms. The van der Waals surface area contributed by atoms with Crippen molar-refractivity contribution in [2.45, 2.75) is 31.6 Å². The smallest absolute Gasteiger partial charge is 0.340 e. The van der Waals surface area contributed by atoms with E-state index in [9.17, 15) is 14.4 Å². The number of nitrogens with one attached hydrogen (secondary N) is 1. The lowest BCUT2D eigenvalue weighted by atomic mass is 10.1. The van der Waals surface area contributed by atoms with E-state index >= 15 is 0 Å². The summed E-state index contributed by atoms with van der Waals surface area (Å²) >= 11 is 4.24. The molecule has 0 heterocycles. The quantitative estimate of drug-likeness (QED) is 0.422. The van der Waals surface area contributed by atoms with Gasteiger partial charge < -0.3 is 14.8 Å². The number of rotatable bonds is 8. The summed E-state index contributed by atoms with van der Waals surface area (Å²) in [5, 5.41) is 1.64. The Kier molecular flexibility index (Phi) is 8.18. The first-order valence-corrected chi connectivity index (χ1v) is 7.86. The molecule has 6 nitrogen and oxygen atoms in total. The maximum Gasteiger partial charge on any atom is 0.340 e. The summed E-state index contributed by atoms with van der Waals surface area (Å²) in [5.74, 6) is -2.23. The molecule has 0 bridgehead atoms. The third-order valence-electron chi connectivity index (χ3n) is 2.91. The third kappa shape index (κ3) is 6.32. The Balaban J connectivity index is 2.71. The van der Waals surface area contributed by atoms with Crippen LogP contribution in [0.2, 0.25) is 0 Å². The van der Waals surface area contributed by atoms with Gasteiger partial charge in [0.2, 0.25) is 11.9 Å². The van der Waals surface area contributed by atoms with Crippen LogP contribution < -0.4 is 5.32 Å². The van der Waals surface area contributed by atoms with Gasteiger partial charge in [0.05, 0.1) is 18.5 Å². The summed E-state index contributed by atoms with van der Waals surface area (Å²) in [6, 6.07) is 7.83. The largest absolute Gasteiger partial charge is 0.464 e. The molecule has 0 saturated carbocycles. The maximum atomic E-state index is 12.2. The summed E-state index contributed by atoms with van der Waals surface area (Å²) in [5.41, 5.74) is 0.923. The van der Waals surface area contributed by atoms with Crippen LogP contribution in [0.3, 0.4) is 0 Å². The Morgan fingerprint density at radius 3 is 2.04 bits per heavy atom. The number of carbonyl (C=O) groups excluding carboxylic acids is 3. The Hall–Kier alpha value is -2.02. The van der Waals surface area contributed by atoms with Crippen molar-refractivity contribution in [1.82, 2.24) is 5.32 Å². The van der Waals surface area contributed by atoms with Crippen LogP contribution in [-0.4, -0.2) is 42.4 Å². The van der Waals surface area contributed by atoms with Gasteiger partial charge in [-0.15, -0.1) is 0 Å². The van der Waals surface area contributed by atoms with Gasteiger partial charge in [0.25, 0.3) is 0 Å². The van der Waals surface area contributed by atoms with E-state index in [0.29, 0.717) is 6.42 Å². The van der Waals surface area contributed by atoms with Gasteiger partial charge in [-0.1, -0.05) is 30.3 Å². The van der Waals surface area contributed by atoms with E-state index in [1.807, 2.05) is 30.3 Å². The number of benzene rings is 1. The molecule has 0 aliphatic carbocycles. The fourth-order valence-corrected chi connectivity index (χ4v) is 2.12. The summed E-state index contributed by atoms with van der Waals surface area (Å²) in [4.78, 5) is 35.8. The molecule has 0 fully saturated rings. The van der Waals surface area contributed by atoms with Crippen molar-refractivity contribution in [3.8, 4) is 0 Å². The molecule has 0 aliphatic rings. The molecule has 23 heavy (non-hydrogen) atoms. The molecule has 1 atom stereocenters. The molecule has 1 aromatic carbocycles. The molecule has 126 valence electrons. The van der Waals surface area contributed by atoms with Crippen LogP contribution >= 0.6 is 12.6 Å².